The van der Waals surface area contributed by atoms with Crippen molar-refractivity contribution in [3.63, 3.8) is 0 Å². The zero-order chi connectivity index (χ0) is 11.7. The lowest BCUT2D eigenvalue weighted by atomic mass is 10.1. The number of rotatable bonds is 3. The fourth-order valence-electron chi connectivity index (χ4n) is 2.59. The molecule has 16 heavy (non-hydrogen) atoms. The van der Waals surface area contributed by atoms with Gasteiger partial charge in [-0.1, -0.05) is 11.6 Å². The van der Waals surface area contributed by atoms with E-state index in [0.717, 1.165) is 24.4 Å². The highest BCUT2D eigenvalue weighted by atomic mass is 35.5. The average molecular weight is 240 g/mol. The van der Waals surface area contributed by atoms with Gasteiger partial charge < -0.3 is 10.0 Å². The molecule has 3 heteroatoms. The van der Waals surface area contributed by atoms with Gasteiger partial charge in [0, 0.05) is 23.3 Å². The molecule has 88 valence electrons. The van der Waals surface area contributed by atoms with Crippen LogP contribution >= 0.6 is 11.6 Å². The lowest BCUT2D eigenvalue weighted by Crippen LogP contribution is -2.34. The third-order valence-corrected chi connectivity index (χ3v) is 3.44. The van der Waals surface area contributed by atoms with Crippen LogP contribution in [0.25, 0.3) is 0 Å². The summed E-state index contributed by atoms with van der Waals surface area (Å²) >= 11 is 6.00. The maximum Gasteiger partial charge on any atom is 0.0531 e. The SMILES string of the molecule is CCN1c2ccc(Cl)cc2CC1CC(C)O. The minimum Gasteiger partial charge on any atom is -0.393 e. The fraction of sp³-hybridized carbons (Fsp3) is 0.538. The van der Waals surface area contributed by atoms with E-state index in [-0.39, 0.29) is 6.10 Å². The molecule has 1 aromatic rings. The van der Waals surface area contributed by atoms with Crippen LogP contribution in [-0.4, -0.2) is 23.8 Å². The topological polar surface area (TPSA) is 23.5 Å². The molecule has 1 aliphatic rings. The van der Waals surface area contributed by atoms with E-state index in [2.05, 4.69) is 17.9 Å². The number of halogens is 1. The molecule has 0 bridgehead atoms. The Balaban J connectivity index is 2.25. The van der Waals surface area contributed by atoms with E-state index in [1.165, 1.54) is 11.3 Å². The van der Waals surface area contributed by atoms with Crippen LogP contribution in [0.4, 0.5) is 5.69 Å². The van der Waals surface area contributed by atoms with Crippen molar-refractivity contribution in [2.75, 3.05) is 11.4 Å². The molecule has 0 spiro atoms. The van der Waals surface area contributed by atoms with E-state index in [1.54, 1.807) is 0 Å². The van der Waals surface area contributed by atoms with Crippen molar-refractivity contribution >= 4 is 17.3 Å². The molecule has 2 unspecified atom stereocenters. The van der Waals surface area contributed by atoms with Gasteiger partial charge in [-0.05, 0) is 50.5 Å². The predicted molar refractivity (Wildman–Crippen MR) is 68.3 cm³/mol. The first-order valence-corrected chi connectivity index (χ1v) is 6.22. The van der Waals surface area contributed by atoms with Gasteiger partial charge in [-0.2, -0.15) is 0 Å². The molecular formula is C13H18ClNO. The van der Waals surface area contributed by atoms with Crippen LogP contribution in [0.15, 0.2) is 18.2 Å². The Morgan fingerprint density at radius 3 is 2.94 bits per heavy atom. The molecule has 1 heterocycles. The van der Waals surface area contributed by atoms with Crippen LogP contribution in [0.1, 0.15) is 25.8 Å². The van der Waals surface area contributed by atoms with Crippen LogP contribution in [-0.2, 0) is 6.42 Å². The molecule has 0 radical (unpaired) electrons. The smallest absolute Gasteiger partial charge is 0.0531 e. The number of aliphatic hydroxyl groups excluding tert-OH is 1. The standard InChI is InChI=1S/C13H18ClNO/c1-3-15-12(6-9(2)16)8-10-7-11(14)4-5-13(10)15/h4-5,7,9,12,16H,3,6,8H2,1-2H3. The highest BCUT2D eigenvalue weighted by Gasteiger charge is 2.28. The first kappa shape index (κ1) is 11.7. The number of benzene rings is 1. The Bertz CT molecular complexity index is 378. The number of aliphatic hydroxyl groups is 1. The highest BCUT2D eigenvalue weighted by Crippen LogP contribution is 2.35. The highest BCUT2D eigenvalue weighted by molar-refractivity contribution is 6.30. The van der Waals surface area contributed by atoms with Gasteiger partial charge in [0.2, 0.25) is 0 Å². The summed E-state index contributed by atoms with van der Waals surface area (Å²) in [6.07, 6.45) is 1.57. The zero-order valence-electron chi connectivity index (χ0n) is 9.78. The van der Waals surface area contributed by atoms with Crippen LogP contribution in [0.5, 0.6) is 0 Å². The van der Waals surface area contributed by atoms with Crippen LogP contribution in [0, 0.1) is 0 Å². The minimum atomic E-state index is -0.246. The first-order valence-electron chi connectivity index (χ1n) is 5.85. The second kappa shape index (κ2) is 4.64. The summed E-state index contributed by atoms with van der Waals surface area (Å²) in [5.41, 5.74) is 2.58. The summed E-state index contributed by atoms with van der Waals surface area (Å²) in [7, 11) is 0. The molecule has 0 aromatic heterocycles. The van der Waals surface area contributed by atoms with Gasteiger partial charge in [0.05, 0.1) is 6.10 Å². The summed E-state index contributed by atoms with van der Waals surface area (Å²) in [5, 5.41) is 10.3. The van der Waals surface area contributed by atoms with Crippen molar-refractivity contribution in [3.05, 3.63) is 28.8 Å². The molecule has 2 atom stereocenters. The van der Waals surface area contributed by atoms with Gasteiger partial charge in [-0.25, -0.2) is 0 Å². The van der Waals surface area contributed by atoms with Crippen molar-refractivity contribution in [3.8, 4) is 0 Å². The Morgan fingerprint density at radius 1 is 1.56 bits per heavy atom. The van der Waals surface area contributed by atoms with E-state index in [9.17, 15) is 5.11 Å². The maximum atomic E-state index is 9.51. The maximum absolute atomic E-state index is 9.51. The van der Waals surface area contributed by atoms with Gasteiger partial charge in [0.1, 0.15) is 0 Å². The van der Waals surface area contributed by atoms with Crippen molar-refractivity contribution in [1.82, 2.24) is 0 Å². The molecule has 1 aromatic carbocycles. The average Bonchev–Trinajstić information content (AvgIpc) is 2.52. The van der Waals surface area contributed by atoms with E-state index >= 15 is 0 Å². The molecular weight excluding hydrogens is 222 g/mol. The monoisotopic (exact) mass is 239 g/mol. The molecule has 0 amide bonds. The molecule has 2 nitrogen and oxygen atoms in total. The lowest BCUT2D eigenvalue weighted by Gasteiger charge is -2.27. The minimum absolute atomic E-state index is 0.246. The van der Waals surface area contributed by atoms with Crippen LogP contribution in [0.2, 0.25) is 5.02 Å². The van der Waals surface area contributed by atoms with Crippen molar-refractivity contribution in [1.29, 1.82) is 0 Å². The summed E-state index contributed by atoms with van der Waals surface area (Å²) in [6.45, 7) is 4.98. The van der Waals surface area contributed by atoms with Gasteiger partial charge in [0.25, 0.3) is 0 Å². The van der Waals surface area contributed by atoms with E-state index in [1.807, 2.05) is 19.1 Å². The van der Waals surface area contributed by atoms with Crippen LogP contribution < -0.4 is 4.90 Å². The van der Waals surface area contributed by atoms with Crippen molar-refractivity contribution < 1.29 is 5.11 Å². The number of nitrogens with zero attached hydrogens (tertiary/aromatic N) is 1. The third kappa shape index (κ3) is 2.18. The van der Waals surface area contributed by atoms with E-state index in [4.69, 9.17) is 11.6 Å². The van der Waals surface area contributed by atoms with Crippen LogP contribution in [0.3, 0.4) is 0 Å². The van der Waals surface area contributed by atoms with Gasteiger partial charge >= 0.3 is 0 Å². The number of hydrogen-bond donors (Lipinski definition) is 1. The Morgan fingerprint density at radius 2 is 2.31 bits per heavy atom. The molecule has 1 aliphatic heterocycles. The molecule has 1 N–H and O–H groups in total. The lowest BCUT2D eigenvalue weighted by molar-refractivity contribution is 0.174. The van der Waals surface area contributed by atoms with E-state index < -0.39 is 0 Å². The predicted octanol–water partition coefficient (Wildman–Crippen LogP) is 2.86. The summed E-state index contributed by atoms with van der Waals surface area (Å²) in [6, 6.07) is 6.48. The van der Waals surface area contributed by atoms with Crippen molar-refractivity contribution in [2.45, 2.75) is 38.8 Å². The first-order chi connectivity index (χ1) is 7.61. The second-order valence-electron chi connectivity index (χ2n) is 4.50. The summed E-state index contributed by atoms with van der Waals surface area (Å²) in [4.78, 5) is 2.36. The Kier molecular flexibility index (Phi) is 3.41. The number of anilines is 1. The normalized spacial score (nSPS) is 21.0. The molecule has 0 saturated heterocycles. The third-order valence-electron chi connectivity index (χ3n) is 3.20. The van der Waals surface area contributed by atoms with Crippen molar-refractivity contribution in [2.24, 2.45) is 0 Å². The van der Waals surface area contributed by atoms with Gasteiger partial charge in [0.15, 0.2) is 0 Å². The summed E-state index contributed by atoms with van der Waals surface area (Å²) in [5.74, 6) is 0. The largest absolute Gasteiger partial charge is 0.393 e. The Labute approximate surface area is 102 Å². The Hall–Kier alpha value is -0.730. The molecule has 0 saturated carbocycles. The molecule has 0 aliphatic carbocycles. The number of likely N-dealkylation sites (N-methyl/N-ethyl adjacent to an activating group) is 1. The quantitative estimate of drug-likeness (QED) is 0.877. The molecule has 0 fully saturated rings. The zero-order valence-corrected chi connectivity index (χ0v) is 10.5. The molecule has 2 rings (SSSR count). The fourth-order valence-corrected chi connectivity index (χ4v) is 2.79. The van der Waals surface area contributed by atoms with E-state index in [0.29, 0.717) is 6.04 Å². The second-order valence-corrected chi connectivity index (χ2v) is 4.94. The number of hydrogen-bond acceptors (Lipinski definition) is 2. The summed E-state index contributed by atoms with van der Waals surface area (Å²) < 4.78 is 0. The van der Waals surface area contributed by atoms with Gasteiger partial charge in [-0.15, -0.1) is 0 Å². The number of fused-ring (bicyclic) bond motifs is 1. The van der Waals surface area contributed by atoms with Gasteiger partial charge in [-0.3, -0.25) is 0 Å².